The van der Waals surface area contributed by atoms with Crippen molar-refractivity contribution in [1.82, 2.24) is 25.8 Å². The molecule has 8 rings (SSSR count). The van der Waals surface area contributed by atoms with Crippen LogP contribution in [0.1, 0.15) is 96.5 Å². The molecule has 330 valence electrons. The van der Waals surface area contributed by atoms with Gasteiger partial charge in [-0.2, -0.15) is 0 Å². The number of hydrogen-bond donors (Lipinski definition) is 3. The number of pyridine rings is 1. The number of alkyl carbamates (subject to hydrolysis) is 1. The maximum Gasteiger partial charge on any atom is 0.408 e. The molecule has 0 radical (unpaired) electrons. The van der Waals surface area contributed by atoms with Crippen LogP contribution in [0.15, 0.2) is 43.0 Å². The number of aryl methyl sites for hydroxylation is 1. The van der Waals surface area contributed by atoms with E-state index >= 15 is 4.79 Å². The lowest BCUT2D eigenvalue weighted by Crippen LogP contribution is -2.67. The van der Waals surface area contributed by atoms with E-state index in [1.165, 1.54) is 17.1 Å². The highest BCUT2D eigenvalue weighted by Gasteiger charge is 2.52. The minimum absolute atomic E-state index is 0.00604. The van der Waals surface area contributed by atoms with Gasteiger partial charge < -0.3 is 39.8 Å². The van der Waals surface area contributed by atoms with Gasteiger partial charge in [0.15, 0.2) is 9.84 Å². The van der Waals surface area contributed by atoms with Gasteiger partial charge in [-0.1, -0.05) is 38.0 Å². The van der Waals surface area contributed by atoms with E-state index in [1.54, 1.807) is 19.3 Å². The number of methoxy groups -OCH3 is 1. The summed E-state index contributed by atoms with van der Waals surface area (Å²) in [6.07, 6.45) is 12.3. The monoisotopic (exact) mass is 861 g/mol. The number of carbonyl (C=O) groups is 4. The van der Waals surface area contributed by atoms with Crippen molar-refractivity contribution in [3.05, 3.63) is 48.6 Å². The highest BCUT2D eigenvalue weighted by atomic mass is 32.2. The van der Waals surface area contributed by atoms with Crippen molar-refractivity contribution in [3.63, 3.8) is 0 Å². The molecule has 6 aliphatic rings. The lowest BCUT2D eigenvalue weighted by molar-refractivity contribution is -0.143. The Bertz CT molecular complexity index is 2210. The summed E-state index contributed by atoms with van der Waals surface area (Å²) < 4.78 is 50.2. The molecule has 15 nitrogen and oxygen atoms in total. The lowest BCUT2D eigenvalue weighted by atomic mass is 9.73. The highest BCUT2D eigenvalue weighted by molar-refractivity contribution is 7.92. The highest BCUT2D eigenvalue weighted by Crippen LogP contribution is 2.45. The summed E-state index contributed by atoms with van der Waals surface area (Å²) in [4.78, 5) is 63.8. The Morgan fingerprint density at radius 2 is 1.84 bits per heavy atom. The predicted octanol–water partition coefficient (Wildman–Crippen LogP) is 5.05. The predicted molar refractivity (Wildman–Crippen MR) is 227 cm³/mol. The number of ether oxygens (including phenoxy) is 4. The van der Waals surface area contributed by atoms with Crippen LogP contribution >= 0.6 is 0 Å². The summed E-state index contributed by atoms with van der Waals surface area (Å²) in [6, 6.07) is 3.53. The third kappa shape index (κ3) is 8.53. The van der Waals surface area contributed by atoms with Crippen LogP contribution in [0, 0.1) is 17.3 Å². The number of sulfone groups is 1. The molecule has 4 fully saturated rings. The molecule has 4 amide bonds. The van der Waals surface area contributed by atoms with Crippen LogP contribution in [0.4, 0.5) is 4.79 Å². The molecule has 4 bridgehead atoms. The molecule has 2 aromatic rings. The summed E-state index contributed by atoms with van der Waals surface area (Å²) in [5.41, 5.74) is -0.346. The summed E-state index contributed by atoms with van der Waals surface area (Å²) in [5, 5.41) is 8.69. The minimum Gasteiger partial charge on any atom is -0.496 e. The number of rotatable bonds is 11. The number of nitrogens with one attached hydrogen (secondary N) is 3. The van der Waals surface area contributed by atoms with Gasteiger partial charge in [-0.3, -0.25) is 14.4 Å². The van der Waals surface area contributed by atoms with E-state index < -0.39 is 74.4 Å². The summed E-state index contributed by atoms with van der Waals surface area (Å²) in [5.74, 6) is -1.65. The smallest absolute Gasteiger partial charge is 0.408 e. The second-order valence-corrected chi connectivity index (χ2v) is 20.3. The van der Waals surface area contributed by atoms with Crippen molar-refractivity contribution in [2.45, 2.75) is 132 Å². The number of amides is 4. The Balaban J connectivity index is 1.17. The minimum atomic E-state index is -3.55. The average Bonchev–Trinajstić information content (AvgIpc) is 3.62. The van der Waals surface area contributed by atoms with E-state index in [-0.39, 0.29) is 30.4 Å². The van der Waals surface area contributed by atoms with E-state index in [0.29, 0.717) is 48.8 Å². The Kier molecular flexibility index (Phi) is 12.0. The Hall–Kier alpha value is -4.86. The standard InChI is InChI=1S/C45H59N5O10S/c1-5-29-17-20-45(29,42(53)46-26-61(55,56)31-15-16-31)49-40(51)34-22-30-25-50(34)41(52)39(27-11-7-8-12-27)48-43(54)60-37-14-10-19-44(37,3)18-9-13-28-21-32-33(23-35(28)57-4)47-38(58-6-2)24-36(32)59-30/h5,17,20-21,23-24,27,29-31,34,37,39H,1,6-16,18-19,22,25-26H2,2-4H3,(H,46,53)(H,48,54)(H,49,51)/t29-,30-,34+,37+,39+,44+,45-/m1/s1. The van der Waals surface area contributed by atoms with Crippen molar-refractivity contribution in [1.29, 1.82) is 0 Å². The van der Waals surface area contributed by atoms with Gasteiger partial charge in [0.25, 0.3) is 5.91 Å². The Morgan fingerprint density at radius 3 is 2.52 bits per heavy atom. The number of benzene rings is 1. The molecule has 4 aliphatic carbocycles. The van der Waals surface area contributed by atoms with Gasteiger partial charge in [0.1, 0.15) is 47.2 Å². The van der Waals surface area contributed by atoms with Gasteiger partial charge in [-0.05, 0) is 88.7 Å². The first kappa shape index (κ1) is 42.8. The topological polar surface area (TPSA) is 192 Å². The molecule has 3 N–H and O–H groups in total. The second kappa shape index (κ2) is 17.1. The largest absolute Gasteiger partial charge is 0.496 e. The van der Waals surface area contributed by atoms with E-state index in [9.17, 15) is 22.8 Å². The van der Waals surface area contributed by atoms with E-state index in [4.69, 9.17) is 23.9 Å². The number of fused-ring (bicyclic) bond motifs is 4. The Labute approximate surface area is 357 Å². The summed E-state index contributed by atoms with van der Waals surface area (Å²) in [7, 11) is -1.92. The molecule has 3 saturated carbocycles. The van der Waals surface area contributed by atoms with Crippen LogP contribution in [0.25, 0.3) is 10.9 Å². The first-order chi connectivity index (χ1) is 29.3. The van der Waals surface area contributed by atoms with Crippen molar-refractivity contribution in [2.24, 2.45) is 17.3 Å². The Morgan fingerprint density at radius 1 is 1.07 bits per heavy atom. The van der Waals surface area contributed by atoms with Gasteiger partial charge >= 0.3 is 6.09 Å². The molecular weight excluding hydrogens is 803 g/mol. The fourth-order valence-corrected chi connectivity index (χ4v) is 11.7. The third-order valence-corrected chi connectivity index (χ3v) is 16.0. The van der Waals surface area contributed by atoms with Crippen LogP contribution in [0.5, 0.6) is 17.4 Å². The quantitative estimate of drug-likeness (QED) is 0.257. The zero-order valence-electron chi connectivity index (χ0n) is 35.4. The molecule has 0 unspecified atom stereocenters. The van der Waals surface area contributed by atoms with E-state index in [1.807, 2.05) is 19.1 Å². The fraction of sp³-hybridized carbons (Fsp3) is 0.622. The van der Waals surface area contributed by atoms with E-state index in [0.717, 1.165) is 68.7 Å². The van der Waals surface area contributed by atoms with E-state index in [2.05, 4.69) is 29.5 Å². The van der Waals surface area contributed by atoms with Crippen molar-refractivity contribution < 1.29 is 46.5 Å². The molecule has 16 heteroatoms. The van der Waals surface area contributed by atoms with Crippen LogP contribution < -0.4 is 30.2 Å². The van der Waals surface area contributed by atoms with Crippen LogP contribution in [-0.2, 0) is 35.4 Å². The van der Waals surface area contributed by atoms with Crippen molar-refractivity contribution >= 4 is 44.6 Å². The number of nitrogens with zero attached hydrogens (tertiary/aromatic N) is 2. The molecular formula is C45H59N5O10S. The molecule has 3 heterocycles. The van der Waals surface area contributed by atoms with Crippen LogP contribution in [-0.4, -0.2) is 103 Å². The van der Waals surface area contributed by atoms with Gasteiger partial charge in [0.2, 0.25) is 17.7 Å². The average molecular weight is 862 g/mol. The second-order valence-electron chi connectivity index (χ2n) is 18.0. The van der Waals surface area contributed by atoms with Crippen molar-refractivity contribution in [2.75, 3.05) is 26.1 Å². The first-order valence-corrected chi connectivity index (χ1v) is 23.7. The zero-order chi connectivity index (χ0) is 43.1. The molecule has 1 aromatic heterocycles. The van der Waals surface area contributed by atoms with Crippen LogP contribution in [0.3, 0.4) is 0 Å². The molecule has 7 atom stereocenters. The third-order valence-electron chi connectivity index (χ3n) is 13.9. The molecule has 1 saturated heterocycles. The summed E-state index contributed by atoms with van der Waals surface area (Å²) in [6.45, 7) is 8.25. The molecule has 1 aromatic carbocycles. The van der Waals surface area contributed by atoms with Gasteiger partial charge in [0.05, 0.1) is 31.0 Å². The number of carbonyl (C=O) groups excluding carboxylic acids is 4. The normalized spacial score (nSPS) is 30.6. The van der Waals surface area contributed by atoms with Crippen LogP contribution in [0.2, 0.25) is 0 Å². The lowest BCUT2D eigenvalue weighted by Gasteiger charge is -2.42. The maximum atomic E-state index is 15.1. The SMILES string of the molecule is C=C[C@@H]1C=C[C@]1(NC(=O)[C@@H]1C[C@@H]2CN1C(=O)[C@H](C1CCCC1)NC(=O)O[C@H]1CCC[C@]1(C)CCCc1cc3c(cc(OCC)nc3cc1OC)O2)C(=O)NCS(=O)(=O)C1CC1. The van der Waals surface area contributed by atoms with Gasteiger partial charge in [0, 0.05) is 35.3 Å². The number of hydrogen-bond acceptors (Lipinski definition) is 11. The van der Waals surface area contributed by atoms with Gasteiger partial charge in [-0.25, -0.2) is 18.2 Å². The molecule has 0 spiro atoms. The van der Waals surface area contributed by atoms with Gasteiger partial charge in [-0.15, -0.1) is 6.58 Å². The maximum absolute atomic E-state index is 15.1. The zero-order valence-corrected chi connectivity index (χ0v) is 36.2. The van der Waals surface area contributed by atoms with Crippen molar-refractivity contribution in [3.8, 4) is 17.4 Å². The first-order valence-electron chi connectivity index (χ1n) is 22.0. The fourth-order valence-electron chi connectivity index (χ4n) is 10.2. The molecule has 2 aliphatic heterocycles. The summed E-state index contributed by atoms with van der Waals surface area (Å²) >= 11 is 0. The molecule has 61 heavy (non-hydrogen) atoms. The number of aromatic nitrogens is 1.